The van der Waals surface area contributed by atoms with Gasteiger partial charge in [-0.25, -0.2) is 0 Å². The third kappa shape index (κ3) is 2.37. The lowest BCUT2D eigenvalue weighted by Crippen LogP contribution is -2.15. The summed E-state index contributed by atoms with van der Waals surface area (Å²) in [7, 11) is 0. The molecule has 1 heterocycles. The van der Waals surface area contributed by atoms with Crippen molar-refractivity contribution in [3.05, 3.63) is 34.6 Å². The smallest absolute Gasteiger partial charge is 0.138 e. The summed E-state index contributed by atoms with van der Waals surface area (Å²) in [4.78, 5) is 0. The van der Waals surface area contributed by atoms with Gasteiger partial charge in [0, 0.05) is 16.5 Å². The van der Waals surface area contributed by atoms with E-state index in [1.54, 1.807) is 0 Å². The second kappa shape index (κ2) is 4.63. The molecule has 1 aromatic heterocycles. The molecular weight excluding hydrogens is 246 g/mol. The molecule has 2 aromatic rings. The second-order valence-electron chi connectivity index (χ2n) is 7.74. The maximum Gasteiger partial charge on any atom is 0.138 e. The number of hydrogen-bond acceptors (Lipinski definition) is 2. The van der Waals surface area contributed by atoms with E-state index in [9.17, 15) is 0 Å². The minimum Gasteiger partial charge on any atom is -0.459 e. The van der Waals surface area contributed by atoms with E-state index in [1.165, 1.54) is 22.1 Å². The van der Waals surface area contributed by atoms with E-state index >= 15 is 0 Å². The van der Waals surface area contributed by atoms with Crippen molar-refractivity contribution in [2.24, 2.45) is 5.73 Å². The molecule has 2 heteroatoms. The van der Waals surface area contributed by atoms with Gasteiger partial charge in [-0.2, -0.15) is 0 Å². The van der Waals surface area contributed by atoms with E-state index in [4.69, 9.17) is 10.2 Å². The molecule has 110 valence electrons. The first-order chi connectivity index (χ1) is 9.07. The Balaban J connectivity index is 2.95. The molecule has 0 aliphatic rings. The lowest BCUT2D eigenvalue weighted by molar-refractivity contribution is 0.500. The Hall–Kier alpha value is -1.28. The van der Waals surface area contributed by atoms with E-state index in [0.717, 1.165) is 11.3 Å². The van der Waals surface area contributed by atoms with Crippen molar-refractivity contribution in [3.8, 4) is 0 Å². The first-order valence-corrected chi connectivity index (χ1v) is 7.33. The minimum atomic E-state index is 0.0290. The van der Waals surface area contributed by atoms with Crippen LogP contribution in [0, 0.1) is 6.92 Å². The van der Waals surface area contributed by atoms with E-state index in [2.05, 4.69) is 60.6 Å². The zero-order valence-corrected chi connectivity index (χ0v) is 13.8. The molecule has 0 spiro atoms. The topological polar surface area (TPSA) is 39.2 Å². The number of fused-ring (bicyclic) bond motifs is 1. The van der Waals surface area contributed by atoms with E-state index < -0.39 is 0 Å². The number of benzene rings is 1. The Morgan fingerprint density at radius 1 is 1.00 bits per heavy atom. The molecule has 20 heavy (non-hydrogen) atoms. The Bertz CT molecular complexity index is 636. The lowest BCUT2D eigenvalue weighted by atomic mass is 9.80. The first-order valence-electron chi connectivity index (χ1n) is 7.33. The summed E-state index contributed by atoms with van der Waals surface area (Å²) < 4.78 is 6.19. The molecule has 0 fully saturated rings. The molecule has 2 rings (SSSR count). The molecule has 0 radical (unpaired) electrons. The molecule has 0 saturated heterocycles. The van der Waals surface area contributed by atoms with Crippen LogP contribution in [0.1, 0.15) is 64.0 Å². The highest BCUT2D eigenvalue weighted by Crippen LogP contribution is 2.41. The molecule has 0 aliphatic heterocycles. The summed E-state index contributed by atoms with van der Waals surface area (Å²) in [5, 5.41) is 1.25. The summed E-state index contributed by atoms with van der Waals surface area (Å²) >= 11 is 0. The van der Waals surface area contributed by atoms with Gasteiger partial charge in [-0.05, 0) is 23.3 Å². The zero-order valence-electron chi connectivity index (χ0n) is 13.8. The number of hydrogen-bond donors (Lipinski definition) is 1. The molecule has 0 bridgehead atoms. The van der Waals surface area contributed by atoms with Gasteiger partial charge in [-0.1, -0.05) is 53.7 Å². The molecule has 0 amide bonds. The van der Waals surface area contributed by atoms with Crippen molar-refractivity contribution in [1.82, 2.24) is 0 Å². The molecular formula is C18H27NO. The number of nitrogens with two attached hydrogens (primary N) is 1. The lowest BCUT2D eigenvalue weighted by Gasteiger charge is -2.22. The molecule has 1 aromatic carbocycles. The minimum absolute atomic E-state index is 0.0290. The van der Waals surface area contributed by atoms with E-state index in [0.29, 0.717) is 6.54 Å². The average Bonchev–Trinajstić information content (AvgIpc) is 2.67. The van der Waals surface area contributed by atoms with Crippen molar-refractivity contribution in [2.75, 3.05) is 0 Å². The summed E-state index contributed by atoms with van der Waals surface area (Å²) in [6.45, 7) is 15.9. The molecule has 2 nitrogen and oxygen atoms in total. The SMILES string of the molecule is Cc1ccc(C(C)(C)C)c2oc(CN)c(C(C)(C)C)c12. The second-order valence-corrected chi connectivity index (χ2v) is 7.74. The summed E-state index contributed by atoms with van der Waals surface area (Å²) in [5.74, 6) is 0.923. The number of rotatable bonds is 1. The summed E-state index contributed by atoms with van der Waals surface area (Å²) in [5.41, 5.74) is 10.8. The van der Waals surface area contributed by atoms with Crippen LogP contribution in [0.3, 0.4) is 0 Å². The predicted octanol–water partition coefficient (Wildman–Crippen LogP) is 4.79. The maximum absolute atomic E-state index is 6.19. The van der Waals surface area contributed by atoms with Gasteiger partial charge in [0.25, 0.3) is 0 Å². The maximum atomic E-state index is 6.19. The first kappa shape index (κ1) is 15.1. The van der Waals surface area contributed by atoms with Crippen LogP contribution in [0.5, 0.6) is 0 Å². The van der Waals surface area contributed by atoms with Crippen molar-refractivity contribution in [2.45, 2.75) is 65.8 Å². The van der Waals surface area contributed by atoms with Gasteiger partial charge in [-0.3, -0.25) is 0 Å². The summed E-state index contributed by atoms with van der Waals surface area (Å²) in [6.07, 6.45) is 0. The van der Waals surface area contributed by atoms with Crippen LogP contribution in [-0.4, -0.2) is 0 Å². The normalized spacial score (nSPS) is 13.2. The van der Waals surface area contributed by atoms with Crippen LogP contribution < -0.4 is 5.73 Å². The predicted molar refractivity (Wildman–Crippen MR) is 86.2 cm³/mol. The third-order valence-corrected chi connectivity index (χ3v) is 3.86. The highest BCUT2D eigenvalue weighted by atomic mass is 16.3. The molecule has 2 N–H and O–H groups in total. The van der Waals surface area contributed by atoms with Crippen molar-refractivity contribution in [3.63, 3.8) is 0 Å². The van der Waals surface area contributed by atoms with Crippen molar-refractivity contribution < 1.29 is 4.42 Å². The standard InChI is InChI=1S/C18H27NO/c1-11-8-9-12(17(2,3)4)16-14(11)15(18(5,6)7)13(10-19)20-16/h8-9H,10,19H2,1-7H3. The number of aryl methyl sites for hydroxylation is 1. The van der Waals surface area contributed by atoms with Gasteiger partial charge < -0.3 is 10.2 Å². The highest BCUT2D eigenvalue weighted by Gasteiger charge is 2.29. The van der Waals surface area contributed by atoms with Crippen molar-refractivity contribution >= 4 is 11.0 Å². The van der Waals surface area contributed by atoms with Crippen LogP contribution in [0.15, 0.2) is 16.5 Å². The zero-order chi connectivity index (χ0) is 15.3. The number of furan rings is 1. The van der Waals surface area contributed by atoms with E-state index in [1.807, 2.05) is 0 Å². The fourth-order valence-electron chi connectivity index (χ4n) is 2.94. The Morgan fingerprint density at radius 3 is 2.05 bits per heavy atom. The van der Waals surface area contributed by atoms with Gasteiger partial charge in [-0.15, -0.1) is 0 Å². The average molecular weight is 273 g/mol. The third-order valence-electron chi connectivity index (χ3n) is 3.86. The summed E-state index contributed by atoms with van der Waals surface area (Å²) in [6, 6.07) is 4.39. The van der Waals surface area contributed by atoms with Crippen molar-refractivity contribution in [1.29, 1.82) is 0 Å². The van der Waals surface area contributed by atoms with Crippen LogP contribution in [0.25, 0.3) is 11.0 Å². The Labute approximate surface area is 122 Å². The largest absolute Gasteiger partial charge is 0.459 e. The van der Waals surface area contributed by atoms with Gasteiger partial charge in [0.1, 0.15) is 11.3 Å². The molecule has 0 aliphatic carbocycles. The van der Waals surface area contributed by atoms with Crippen LogP contribution in [-0.2, 0) is 17.4 Å². The highest BCUT2D eigenvalue weighted by molar-refractivity contribution is 5.89. The molecule has 0 atom stereocenters. The monoisotopic (exact) mass is 273 g/mol. The van der Waals surface area contributed by atoms with E-state index in [-0.39, 0.29) is 10.8 Å². The van der Waals surface area contributed by atoms with Crippen LogP contribution in [0.2, 0.25) is 0 Å². The van der Waals surface area contributed by atoms with Gasteiger partial charge in [0.2, 0.25) is 0 Å². The van der Waals surface area contributed by atoms with Gasteiger partial charge >= 0.3 is 0 Å². The molecule has 0 unspecified atom stereocenters. The van der Waals surface area contributed by atoms with Crippen LogP contribution >= 0.6 is 0 Å². The van der Waals surface area contributed by atoms with Gasteiger partial charge in [0.15, 0.2) is 0 Å². The fourth-order valence-corrected chi connectivity index (χ4v) is 2.94. The van der Waals surface area contributed by atoms with Crippen LogP contribution in [0.4, 0.5) is 0 Å². The molecule has 0 saturated carbocycles. The Morgan fingerprint density at radius 2 is 1.60 bits per heavy atom. The quantitative estimate of drug-likeness (QED) is 0.811. The van der Waals surface area contributed by atoms with Gasteiger partial charge in [0.05, 0.1) is 6.54 Å². The Kier molecular flexibility index (Phi) is 3.50. The fraction of sp³-hybridized carbons (Fsp3) is 0.556.